The lowest BCUT2D eigenvalue weighted by Gasteiger charge is -2.36. The average Bonchev–Trinajstić information content (AvgIpc) is 2.94. The summed E-state index contributed by atoms with van der Waals surface area (Å²) in [5.41, 5.74) is 2.55. The van der Waals surface area contributed by atoms with Gasteiger partial charge in [-0.2, -0.15) is 4.31 Å². The Hall–Kier alpha value is -2.74. The molecular weight excluding hydrogens is 642 g/mol. The highest BCUT2D eigenvalue weighted by Gasteiger charge is 2.34. The van der Waals surface area contributed by atoms with E-state index in [4.69, 9.17) is 15.4 Å². The summed E-state index contributed by atoms with van der Waals surface area (Å²) >= 11 is 0. The van der Waals surface area contributed by atoms with Gasteiger partial charge in [0.1, 0.15) is 5.60 Å². The number of carboxylic acid groups (broad SMARTS) is 1. The largest absolute Gasteiger partial charge is 0.481 e. The zero-order valence-electron chi connectivity index (χ0n) is 27.0. The molecule has 14 heteroatoms. The Labute approximate surface area is 272 Å². The van der Waals surface area contributed by atoms with Crippen molar-refractivity contribution in [3.05, 3.63) is 48.8 Å². The second-order valence-electron chi connectivity index (χ2n) is 12.7. The van der Waals surface area contributed by atoms with Crippen LogP contribution in [0.1, 0.15) is 48.5 Å². The fourth-order valence-corrected chi connectivity index (χ4v) is 7.90. The van der Waals surface area contributed by atoms with E-state index in [9.17, 15) is 31.5 Å². The number of sulfonamides is 1. The van der Waals surface area contributed by atoms with Crippen LogP contribution in [0.3, 0.4) is 0 Å². The third kappa shape index (κ3) is 12.9. The van der Waals surface area contributed by atoms with Crippen molar-refractivity contribution in [2.75, 3.05) is 42.6 Å². The van der Waals surface area contributed by atoms with E-state index in [1.54, 1.807) is 54.7 Å². The van der Waals surface area contributed by atoms with E-state index < -0.39 is 48.4 Å². The summed E-state index contributed by atoms with van der Waals surface area (Å²) in [5.74, 6) is -4.30. The van der Waals surface area contributed by atoms with Crippen molar-refractivity contribution in [2.24, 2.45) is 23.7 Å². The smallest absolute Gasteiger partial charge is 0.310 e. The lowest BCUT2D eigenvalue weighted by Crippen LogP contribution is -2.50. The first-order valence-electron chi connectivity index (χ1n) is 14.8. The summed E-state index contributed by atoms with van der Waals surface area (Å²) in [4.78, 5) is 29.4. The average molecular weight is 688 g/mol. The Morgan fingerprint density at radius 2 is 1.44 bits per heavy atom. The molecular formula is C31H46ClN3O8S2. The molecule has 2 unspecified atom stereocenters. The molecule has 11 nitrogen and oxygen atoms in total. The number of carboxylic acids is 1. The van der Waals surface area contributed by atoms with E-state index in [2.05, 4.69) is 9.88 Å². The number of hydrogen-bond acceptors (Lipinski definition) is 9. The Morgan fingerprint density at radius 1 is 0.889 bits per heavy atom. The SMILES string of the molecule is CC(C)C(CS(=O)(=O)Cl)C(=O)OC(C)(C)C.CC(C)C(CS(=O)(=O)N1CCN(c2ccc(-c3cccnc3)cc2)CC1)C(=O)O. The minimum Gasteiger partial charge on any atom is -0.481 e. The fourth-order valence-electron chi connectivity index (χ4n) is 4.63. The molecule has 3 rings (SSSR count). The molecule has 1 saturated heterocycles. The predicted molar refractivity (Wildman–Crippen MR) is 177 cm³/mol. The van der Waals surface area contributed by atoms with Crippen LogP contribution in [0.5, 0.6) is 0 Å². The van der Waals surface area contributed by atoms with Crippen LogP contribution >= 0.6 is 10.7 Å². The normalized spacial score (nSPS) is 16.1. The van der Waals surface area contributed by atoms with E-state index >= 15 is 0 Å². The highest BCUT2D eigenvalue weighted by Crippen LogP contribution is 2.25. The molecule has 2 aromatic rings. The van der Waals surface area contributed by atoms with Crippen molar-refractivity contribution < 1.29 is 36.3 Å². The molecule has 0 bridgehead atoms. The van der Waals surface area contributed by atoms with Gasteiger partial charge in [0.2, 0.25) is 19.1 Å². The number of piperazine rings is 1. The van der Waals surface area contributed by atoms with Crippen molar-refractivity contribution >= 4 is 47.4 Å². The standard InChI is InChI=1S/C21H27N3O4S.C10H19ClO4S/c1-16(2)20(21(25)26)15-29(27,28)24-12-10-23(11-13-24)19-7-5-17(6-8-19)18-4-3-9-22-14-18;1-7(2)8(6-16(11,13)14)9(12)15-10(3,4)5/h3-9,14,16,20H,10-13,15H2,1-2H3,(H,25,26);7-8H,6H2,1-5H3. The molecule has 0 spiro atoms. The molecule has 1 fully saturated rings. The number of anilines is 1. The molecule has 0 aliphatic carbocycles. The number of pyridine rings is 1. The van der Waals surface area contributed by atoms with Gasteiger partial charge in [-0.1, -0.05) is 45.9 Å². The number of rotatable bonds is 11. The predicted octanol–water partition coefficient (Wildman–Crippen LogP) is 4.73. The van der Waals surface area contributed by atoms with Gasteiger partial charge >= 0.3 is 11.9 Å². The molecule has 1 N–H and O–H groups in total. The third-order valence-corrected chi connectivity index (χ3v) is 10.3. The summed E-state index contributed by atoms with van der Waals surface area (Å²) in [7, 11) is -2.15. The van der Waals surface area contributed by atoms with Gasteiger partial charge in [0.05, 0.1) is 23.3 Å². The number of hydrogen-bond donors (Lipinski definition) is 1. The van der Waals surface area contributed by atoms with Gasteiger partial charge < -0.3 is 14.7 Å². The van der Waals surface area contributed by atoms with E-state index in [1.165, 1.54) is 4.31 Å². The Bertz CT molecular complexity index is 1470. The van der Waals surface area contributed by atoms with Gasteiger partial charge in [0, 0.05) is 54.9 Å². The molecule has 252 valence electrons. The van der Waals surface area contributed by atoms with Crippen molar-refractivity contribution in [3.63, 3.8) is 0 Å². The zero-order valence-corrected chi connectivity index (χ0v) is 29.4. The summed E-state index contributed by atoms with van der Waals surface area (Å²) in [6.07, 6.45) is 3.56. The first kappa shape index (κ1) is 38.4. The molecule has 2 heterocycles. The highest BCUT2D eigenvalue weighted by atomic mass is 35.7. The van der Waals surface area contributed by atoms with Gasteiger partial charge in [0.15, 0.2) is 0 Å². The number of esters is 1. The maximum absolute atomic E-state index is 12.7. The van der Waals surface area contributed by atoms with Crippen LogP contribution in [0, 0.1) is 23.7 Å². The van der Waals surface area contributed by atoms with Crippen LogP contribution in [0.25, 0.3) is 11.1 Å². The Balaban J connectivity index is 0.000000376. The molecule has 1 aromatic heterocycles. The second-order valence-corrected chi connectivity index (χ2v) is 17.6. The lowest BCUT2D eigenvalue weighted by molar-refractivity contribution is -0.160. The quantitative estimate of drug-likeness (QED) is 0.259. The first-order chi connectivity index (χ1) is 20.7. The number of aliphatic carboxylic acids is 1. The monoisotopic (exact) mass is 687 g/mol. The number of nitrogens with zero attached hydrogens (tertiary/aromatic N) is 3. The van der Waals surface area contributed by atoms with Gasteiger partial charge in [-0.25, -0.2) is 16.8 Å². The van der Waals surface area contributed by atoms with Crippen LogP contribution in [0.2, 0.25) is 0 Å². The van der Waals surface area contributed by atoms with Crippen molar-refractivity contribution in [1.82, 2.24) is 9.29 Å². The van der Waals surface area contributed by atoms with Crippen molar-refractivity contribution in [1.29, 1.82) is 0 Å². The number of aromatic nitrogens is 1. The summed E-state index contributed by atoms with van der Waals surface area (Å²) in [6, 6.07) is 12.0. The topological polar surface area (TPSA) is 151 Å². The Kier molecular flexibility index (Phi) is 13.8. The molecule has 1 aliphatic heterocycles. The molecule has 0 saturated carbocycles. The number of ether oxygens (including phenoxy) is 1. The summed E-state index contributed by atoms with van der Waals surface area (Å²) in [6.45, 7) is 14.1. The van der Waals surface area contributed by atoms with Crippen LogP contribution in [0.15, 0.2) is 48.8 Å². The van der Waals surface area contributed by atoms with Gasteiger partial charge in [-0.15, -0.1) is 0 Å². The molecule has 0 radical (unpaired) electrons. The number of carbonyl (C=O) groups excluding carboxylic acids is 1. The first-order valence-corrected chi connectivity index (χ1v) is 18.9. The number of halogens is 1. The molecule has 1 aromatic carbocycles. The van der Waals surface area contributed by atoms with Crippen LogP contribution in [-0.2, 0) is 33.4 Å². The highest BCUT2D eigenvalue weighted by molar-refractivity contribution is 8.13. The molecule has 2 atom stereocenters. The van der Waals surface area contributed by atoms with Crippen LogP contribution < -0.4 is 4.90 Å². The van der Waals surface area contributed by atoms with Crippen molar-refractivity contribution in [2.45, 2.75) is 54.1 Å². The maximum atomic E-state index is 12.7. The van der Waals surface area contributed by atoms with Crippen LogP contribution in [0.4, 0.5) is 5.69 Å². The zero-order chi connectivity index (χ0) is 34.2. The van der Waals surface area contributed by atoms with E-state index in [-0.39, 0.29) is 23.3 Å². The van der Waals surface area contributed by atoms with Gasteiger partial charge in [-0.3, -0.25) is 14.6 Å². The molecule has 45 heavy (non-hydrogen) atoms. The van der Waals surface area contributed by atoms with E-state index in [1.807, 2.05) is 42.6 Å². The minimum atomic E-state index is -3.70. The van der Waals surface area contributed by atoms with Gasteiger partial charge in [-0.05, 0) is 61.9 Å². The van der Waals surface area contributed by atoms with Gasteiger partial charge in [0.25, 0.3) is 0 Å². The van der Waals surface area contributed by atoms with E-state index in [0.29, 0.717) is 26.2 Å². The number of carbonyl (C=O) groups is 2. The summed E-state index contributed by atoms with van der Waals surface area (Å²) < 4.78 is 53.9. The molecule has 0 amide bonds. The molecule has 1 aliphatic rings. The fraction of sp³-hybridized carbons (Fsp3) is 0.581. The van der Waals surface area contributed by atoms with E-state index in [0.717, 1.165) is 16.8 Å². The van der Waals surface area contributed by atoms with Crippen molar-refractivity contribution in [3.8, 4) is 11.1 Å². The van der Waals surface area contributed by atoms with Crippen LogP contribution in [-0.4, -0.2) is 86.5 Å². The Morgan fingerprint density at radius 3 is 1.87 bits per heavy atom. The minimum absolute atomic E-state index is 0.136. The maximum Gasteiger partial charge on any atom is 0.310 e. The summed E-state index contributed by atoms with van der Waals surface area (Å²) in [5, 5.41) is 9.31. The lowest BCUT2D eigenvalue weighted by atomic mass is 9.98. The number of benzene rings is 1. The third-order valence-electron chi connectivity index (χ3n) is 7.26. The second kappa shape index (κ2) is 16.2.